The molecule has 0 fully saturated rings. The van der Waals surface area contributed by atoms with E-state index in [1.807, 2.05) is 50.2 Å². The largest absolute Gasteiger partial charge is 0.270 e. The highest BCUT2D eigenvalue weighted by Gasteiger charge is 2.10. The molecule has 0 bridgehead atoms. The molecule has 0 heterocycles. The first-order valence-corrected chi connectivity index (χ1v) is 12.1. The van der Waals surface area contributed by atoms with Gasteiger partial charge in [-0.25, -0.2) is 0 Å². The highest BCUT2D eigenvalue weighted by atomic mass is 35.5. The molecular formula is C28H20Cl2N4O4. The lowest BCUT2D eigenvalue weighted by atomic mass is 10.00. The summed E-state index contributed by atoms with van der Waals surface area (Å²) in [4.78, 5) is 30.1. The number of hydrogen-bond acceptors (Lipinski definition) is 6. The molecule has 0 radical (unpaired) electrons. The quantitative estimate of drug-likeness (QED) is 0.131. The van der Waals surface area contributed by atoms with Gasteiger partial charge in [0.05, 0.1) is 21.2 Å². The molecule has 4 aromatic rings. The van der Waals surface area contributed by atoms with Crippen LogP contribution in [0.2, 0.25) is 10.0 Å². The van der Waals surface area contributed by atoms with Gasteiger partial charge in [0.1, 0.15) is 0 Å². The van der Waals surface area contributed by atoms with E-state index in [0.717, 1.165) is 22.3 Å². The molecule has 0 N–H and O–H groups in total. The SMILES string of the molecule is Cc1cc(-c2ccc(N=Cc3cc([N+](=O)[O-])ccc3Cl)c(C)c2)ccc1N=Cc1cc([N+](=O)[O-])ccc1Cl. The van der Waals surface area contributed by atoms with Gasteiger partial charge in [-0.1, -0.05) is 35.3 Å². The number of aliphatic imine (C=N–C) groups is 2. The molecule has 4 aromatic carbocycles. The van der Waals surface area contributed by atoms with Crippen LogP contribution >= 0.6 is 23.2 Å². The molecule has 0 saturated carbocycles. The highest BCUT2D eigenvalue weighted by molar-refractivity contribution is 6.33. The smallest absolute Gasteiger partial charge is 0.258 e. The van der Waals surface area contributed by atoms with Crippen molar-refractivity contribution < 1.29 is 9.85 Å². The number of halogens is 2. The number of rotatable bonds is 7. The van der Waals surface area contributed by atoms with Gasteiger partial charge in [0.25, 0.3) is 11.4 Å². The van der Waals surface area contributed by atoms with Gasteiger partial charge in [-0.15, -0.1) is 0 Å². The van der Waals surface area contributed by atoms with Crippen LogP contribution in [0.4, 0.5) is 22.7 Å². The van der Waals surface area contributed by atoms with E-state index in [1.165, 1.54) is 48.8 Å². The first-order chi connectivity index (χ1) is 18.1. The summed E-state index contributed by atoms with van der Waals surface area (Å²) in [6, 6.07) is 20.1. The van der Waals surface area contributed by atoms with Crippen molar-refractivity contribution in [2.24, 2.45) is 9.98 Å². The van der Waals surface area contributed by atoms with Crippen LogP contribution in [0.15, 0.2) is 82.8 Å². The number of nitrogens with zero attached hydrogens (tertiary/aromatic N) is 4. The molecule has 8 nitrogen and oxygen atoms in total. The Bertz CT molecular complexity index is 1510. The summed E-state index contributed by atoms with van der Waals surface area (Å²) >= 11 is 12.3. The van der Waals surface area contributed by atoms with Gasteiger partial charge >= 0.3 is 0 Å². The molecule has 0 amide bonds. The zero-order valence-electron chi connectivity index (χ0n) is 20.3. The second-order valence-electron chi connectivity index (χ2n) is 8.44. The fraction of sp³-hybridized carbons (Fsp3) is 0.0714. The summed E-state index contributed by atoms with van der Waals surface area (Å²) < 4.78 is 0. The maximum absolute atomic E-state index is 11.0. The predicted octanol–water partition coefficient (Wildman–Crippen LogP) is 8.59. The van der Waals surface area contributed by atoms with Crippen LogP contribution in [-0.4, -0.2) is 22.3 Å². The summed E-state index contributed by atoms with van der Waals surface area (Å²) in [5.74, 6) is 0. The van der Waals surface area contributed by atoms with E-state index >= 15 is 0 Å². The normalized spacial score (nSPS) is 11.4. The van der Waals surface area contributed by atoms with E-state index < -0.39 is 9.85 Å². The third-order valence-corrected chi connectivity index (χ3v) is 6.48. The van der Waals surface area contributed by atoms with Gasteiger partial charge < -0.3 is 0 Å². The average Bonchev–Trinajstić information content (AvgIpc) is 2.88. The van der Waals surface area contributed by atoms with Crippen LogP contribution < -0.4 is 0 Å². The van der Waals surface area contributed by atoms with Crippen molar-refractivity contribution in [2.75, 3.05) is 0 Å². The van der Waals surface area contributed by atoms with Crippen LogP contribution in [0.3, 0.4) is 0 Å². The highest BCUT2D eigenvalue weighted by Crippen LogP contribution is 2.31. The Morgan fingerprint density at radius 1 is 0.632 bits per heavy atom. The molecular weight excluding hydrogens is 527 g/mol. The third-order valence-electron chi connectivity index (χ3n) is 5.79. The Kier molecular flexibility index (Phi) is 7.95. The molecule has 38 heavy (non-hydrogen) atoms. The van der Waals surface area contributed by atoms with Crippen LogP contribution in [-0.2, 0) is 0 Å². The van der Waals surface area contributed by atoms with E-state index in [9.17, 15) is 20.2 Å². The van der Waals surface area contributed by atoms with Crippen LogP contribution in [0, 0.1) is 34.1 Å². The van der Waals surface area contributed by atoms with Crippen molar-refractivity contribution in [1.82, 2.24) is 0 Å². The van der Waals surface area contributed by atoms with Gasteiger partial charge in [0.2, 0.25) is 0 Å². The minimum absolute atomic E-state index is 0.0562. The zero-order valence-corrected chi connectivity index (χ0v) is 21.8. The summed E-state index contributed by atoms with van der Waals surface area (Å²) in [7, 11) is 0. The van der Waals surface area contributed by atoms with Crippen LogP contribution in [0.1, 0.15) is 22.3 Å². The van der Waals surface area contributed by atoms with E-state index in [2.05, 4.69) is 9.98 Å². The predicted molar refractivity (Wildman–Crippen MR) is 152 cm³/mol. The molecule has 0 aromatic heterocycles. The van der Waals surface area contributed by atoms with Gasteiger partial charge in [0.15, 0.2) is 0 Å². The molecule has 0 aliphatic rings. The maximum atomic E-state index is 11.0. The maximum Gasteiger partial charge on any atom is 0.270 e. The molecule has 0 unspecified atom stereocenters. The molecule has 0 aliphatic carbocycles. The lowest BCUT2D eigenvalue weighted by Gasteiger charge is -2.08. The minimum atomic E-state index is -0.477. The van der Waals surface area contributed by atoms with E-state index in [4.69, 9.17) is 23.2 Å². The Morgan fingerprint density at radius 3 is 1.37 bits per heavy atom. The number of benzene rings is 4. The van der Waals surface area contributed by atoms with Gasteiger partial charge in [-0.2, -0.15) is 0 Å². The first-order valence-electron chi connectivity index (χ1n) is 11.3. The monoisotopic (exact) mass is 546 g/mol. The molecule has 0 spiro atoms. The fourth-order valence-corrected chi connectivity index (χ4v) is 4.06. The summed E-state index contributed by atoms with van der Waals surface area (Å²) in [5, 5.41) is 22.8. The Labute approximate surface area is 228 Å². The van der Waals surface area contributed by atoms with Gasteiger partial charge in [-0.3, -0.25) is 30.2 Å². The first kappa shape index (κ1) is 26.7. The number of hydrogen-bond donors (Lipinski definition) is 0. The Hall–Kier alpha value is -4.40. The Balaban J connectivity index is 1.55. The Morgan fingerprint density at radius 2 is 1.03 bits per heavy atom. The van der Waals surface area contributed by atoms with E-state index in [1.54, 1.807) is 0 Å². The lowest BCUT2D eigenvalue weighted by molar-refractivity contribution is -0.385. The standard InChI is InChI=1S/C28H20Cl2N4O4/c1-17-11-19(3-9-27(17)31-15-21-13-23(33(35)36)5-7-25(21)29)20-4-10-28(18(2)12-20)32-16-22-14-24(34(37)38)6-8-26(22)30/h3-16H,1-2H3. The number of non-ortho nitro benzene ring substituents is 2. The summed E-state index contributed by atoms with van der Waals surface area (Å²) in [6.45, 7) is 3.86. The number of aryl methyl sites for hydroxylation is 2. The summed E-state index contributed by atoms with van der Waals surface area (Å²) in [6.07, 6.45) is 3.03. The van der Waals surface area contributed by atoms with Crippen molar-refractivity contribution in [3.8, 4) is 11.1 Å². The molecule has 190 valence electrons. The third kappa shape index (κ3) is 6.11. The van der Waals surface area contributed by atoms with Crippen molar-refractivity contribution in [3.63, 3.8) is 0 Å². The fourth-order valence-electron chi connectivity index (χ4n) is 3.73. The lowest BCUT2D eigenvalue weighted by Crippen LogP contribution is -1.91. The van der Waals surface area contributed by atoms with E-state index in [0.29, 0.717) is 32.5 Å². The number of nitro benzene ring substituents is 2. The topological polar surface area (TPSA) is 111 Å². The summed E-state index contributed by atoms with van der Waals surface area (Å²) in [5.41, 5.74) is 6.03. The molecule has 0 saturated heterocycles. The molecule has 0 atom stereocenters. The molecule has 0 aliphatic heterocycles. The minimum Gasteiger partial charge on any atom is -0.258 e. The average molecular weight is 547 g/mol. The second kappa shape index (κ2) is 11.3. The second-order valence-corrected chi connectivity index (χ2v) is 9.26. The van der Waals surface area contributed by atoms with Gasteiger partial charge in [-0.05, 0) is 72.5 Å². The number of nitro groups is 2. The van der Waals surface area contributed by atoms with Crippen molar-refractivity contribution in [3.05, 3.63) is 125 Å². The van der Waals surface area contributed by atoms with Crippen molar-refractivity contribution >= 4 is 58.4 Å². The van der Waals surface area contributed by atoms with Crippen molar-refractivity contribution in [2.45, 2.75) is 13.8 Å². The van der Waals surface area contributed by atoms with Gasteiger partial charge in [0, 0.05) is 57.9 Å². The van der Waals surface area contributed by atoms with Crippen LogP contribution in [0.5, 0.6) is 0 Å². The van der Waals surface area contributed by atoms with Crippen LogP contribution in [0.25, 0.3) is 11.1 Å². The van der Waals surface area contributed by atoms with E-state index in [-0.39, 0.29) is 11.4 Å². The molecule has 10 heteroatoms. The zero-order chi connectivity index (χ0) is 27.4. The molecule has 4 rings (SSSR count). The van der Waals surface area contributed by atoms with Crippen molar-refractivity contribution in [1.29, 1.82) is 0 Å².